The zero-order chi connectivity index (χ0) is 12.2. The summed E-state index contributed by atoms with van der Waals surface area (Å²) in [5.41, 5.74) is 0.888. The number of rotatable bonds is 4. The van der Waals surface area contributed by atoms with E-state index >= 15 is 0 Å². The predicted molar refractivity (Wildman–Crippen MR) is 71.7 cm³/mol. The highest BCUT2D eigenvalue weighted by Gasteiger charge is 2.12. The standard InChI is InChI=1S/C13H19N5/c1-2-11(10-14-6-1)3-7-15-12-5-9-18-13(17-12)4-8-16-18/h4-5,8-9,11,14H,1-3,6-7,10H2,(H,15,17). The largest absolute Gasteiger partial charge is 0.370 e. The lowest BCUT2D eigenvalue weighted by atomic mass is 9.96. The molecule has 2 N–H and O–H groups in total. The minimum atomic E-state index is 0.810. The van der Waals surface area contributed by atoms with Gasteiger partial charge >= 0.3 is 0 Å². The molecule has 1 aliphatic rings. The Bertz CT molecular complexity index is 501. The molecular weight excluding hydrogens is 226 g/mol. The number of hydrogen-bond donors (Lipinski definition) is 2. The molecule has 2 aromatic rings. The molecule has 2 aromatic heterocycles. The van der Waals surface area contributed by atoms with Gasteiger partial charge in [-0.25, -0.2) is 9.50 Å². The van der Waals surface area contributed by atoms with Crippen molar-refractivity contribution in [3.8, 4) is 0 Å². The number of hydrogen-bond acceptors (Lipinski definition) is 4. The van der Waals surface area contributed by atoms with Crippen molar-refractivity contribution in [2.24, 2.45) is 5.92 Å². The average molecular weight is 245 g/mol. The molecule has 0 amide bonds. The summed E-state index contributed by atoms with van der Waals surface area (Å²) in [4.78, 5) is 4.49. The van der Waals surface area contributed by atoms with Gasteiger partial charge in [0.15, 0.2) is 5.65 Å². The fraction of sp³-hybridized carbons (Fsp3) is 0.538. The van der Waals surface area contributed by atoms with E-state index in [1.54, 1.807) is 10.7 Å². The molecule has 0 spiro atoms. The Balaban J connectivity index is 1.52. The van der Waals surface area contributed by atoms with Crippen molar-refractivity contribution in [2.45, 2.75) is 19.3 Å². The van der Waals surface area contributed by atoms with Crippen molar-refractivity contribution in [1.82, 2.24) is 19.9 Å². The smallest absolute Gasteiger partial charge is 0.157 e. The molecule has 96 valence electrons. The topological polar surface area (TPSA) is 54.2 Å². The normalized spacial score (nSPS) is 20.1. The molecule has 3 heterocycles. The Morgan fingerprint density at radius 3 is 3.33 bits per heavy atom. The second-order valence-electron chi connectivity index (χ2n) is 4.87. The van der Waals surface area contributed by atoms with Gasteiger partial charge < -0.3 is 10.6 Å². The highest BCUT2D eigenvalue weighted by molar-refractivity contribution is 5.45. The van der Waals surface area contributed by atoms with Crippen LogP contribution >= 0.6 is 0 Å². The molecular formula is C13H19N5. The van der Waals surface area contributed by atoms with Crippen LogP contribution in [0.2, 0.25) is 0 Å². The summed E-state index contributed by atoms with van der Waals surface area (Å²) in [5.74, 6) is 1.75. The van der Waals surface area contributed by atoms with Crippen molar-refractivity contribution >= 4 is 11.5 Å². The van der Waals surface area contributed by atoms with E-state index in [9.17, 15) is 0 Å². The summed E-state index contributed by atoms with van der Waals surface area (Å²) in [6, 6.07) is 3.88. The molecule has 1 atom stereocenters. The fourth-order valence-electron chi connectivity index (χ4n) is 2.49. The molecule has 0 bridgehead atoms. The van der Waals surface area contributed by atoms with E-state index in [1.807, 2.05) is 18.3 Å². The third kappa shape index (κ3) is 2.61. The van der Waals surface area contributed by atoms with Crippen LogP contribution in [0.1, 0.15) is 19.3 Å². The van der Waals surface area contributed by atoms with Gasteiger partial charge in [-0.1, -0.05) is 0 Å². The number of nitrogens with one attached hydrogen (secondary N) is 2. The number of nitrogens with zero attached hydrogens (tertiary/aromatic N) is 3. The van der Waals surface area contributed by atoms with E-state index in [2.05, 4.69) is 20.7 Å². The lowest BCUT2D eigenvalue weighted by Crippen LogP contribution is -2.30. The van der Waals surface area contributed by atoms with Crippen molar-refractivity contribution in [3.05, 3.63) is 24.5 Å². The first-order valence-corrected chi connectivity index (χ1v) is 6.67. The Morgan fingerprint density at radius 1 is 1.44 bits per heavy atom. The summed E-state index contributed by atoms with van der Waals surface area (Å²) >= 11 is 0. The number of anilines is 1. The SMILES string of the molecule is c1cc2nc(NCCC3CCCNC3)ccn2n1. The zero-order valence-corrected chi connectivity index (χ0v) is 10.5. The monoisotopic (exact) mass is 245 g/mol. The van der Waals surface area contributed by atoms with Crippen LogP contribution in [-0.4, -0.2) is 34.2 Å². The Labute approximate surface area is 107 Å². The van der Waals surface area contributed by atoms with Gasteiger partial charge in [-0.2, -0.15) is 5.10 Å². The van der Waals surface area contributed by atoms with Gasteiger partial charge in [-0.05, 0) is 44.3 Å². The van der Waals surface area contributed by atoms with E-state index in [4.69, 9.17) is 0 Å². The first-order valence-electron chi connectivity index (χ1n) is 6.67. The molecule has 5 nitrogen and oxygen atoms in total. The van der Waals surface area contributed by atoms with Gasteiger partial charge in [0.1, 0.15) is 5.82 Å². The van der Waals surface area contributed by atoms with Gasteiger partial charge in [-0.15, -0.1) is 0 Å². The van der Waals surface area contributed by atoms with Crippen molar-refractivity contribution in [3.63, 3.8) is 0 Å². The third-order valence-corrected chi connectivity index (χ3v) is 3.52. The summed E-state index contributed by atoms with van der Waals surface area (Å²) in [7, 11) is 0. The molecule has 1 saturated heterocycles. The minimum absolute atomic E-state index is 0.810. The fourth-order valence-corrected chi connectivity index (χ4v) is 2.49. The van der Waals surface area contributed by atoms with Crippen LogP contribution in [0.5, 0.6) is 0 Å². The van der Waals surface area contributed by atoms with Crippen LogP contribution < -0.4 is 10.6 Å². The number of fused-ring (bicyclic) bond motifs is 1. The van der Waals surface area contributed by atoms with E-state index in [0.717, 1.165) is 30.5 Å². The van der Waals surface area contributed by atoms with Crippen molar-refractivity contribution in [2.75, 3.05) is 25.0 Å². The maximum atomic E-state index is 4.49. The Kier molecular flexibility index (Phi) is 3.41. The zero-order valence-electron chi connectivity index (χ0n) is 10.5. The summed E-state index contributed by atoms with van der Waals surface area (Å²) in [6.45, 7) is 3.34. The van der Waals surface area contributed by atoms with Crippen molar-refractivity contribution < 1.29 is 0 Å². The molecule has 1 fully saturated rings. The van der Waals surface area contributed by atoms with Gasteiger partial charge in [0.05, 0.1) is 6.20 Å². The van der Waals surface area contributed by atoms with Crippen LogP contribution in [0.15, 0.2) is 24.5 Å². The molecule has 5 heteroatoms. The summed E-state index contributed by atoms with van der Waals surface area (Å²) in [6.07, 6.45) is 7.57. The predicted octanol–water partition coefficient (Wildman–Crippen LogP) is 1.53. The van der Waals surface area contributed by atoms with Crippen LogP contribution in [0, 0.1) is 5.92 Å². The third-order valence-electron chi connectivity index (χ3n) is 3.52. The highest BCUT2D eigenvalue weighted by Crippen LogP contribution is 2.14. The molecule has 1 unspecified atom stereocenters. The van der Waals surface area contributed by atoms with Crippen LogP contribution in [-0.2, 0) is 0 Å². The minimum Gasteiger partial charge on any atom is -0.370 e. The molecule has 3 rings (SSSR count). The maximum absolute atomic E-state index is 4.49. The van der Waals surface area contributed by atoms with Gasteiger partial charge in [0, 0.05) is 18.8 Å². The number of aromatic nitrogens is 3. The molecule has 1 aliphatic heterocycles. The van der Waals surface area contributed by atoms with Gasteiger partial charge in [0.25, 0.3) is 0 Å². The lowest BCUT2D eigenvalue weighted by Gasteiger charge is -2.22. The maximum Gasteiger partial charge on any atom is 0.157 e. The van der Waals surface area contributed by atoms with E-state index in [-0.39, 0.29) is 0 Å². The van der Waals surface area contributed by atoms with Crippen LogP contribution in [0.4, 0.5) is 5.82 Å². The van der Waals surface area contributed by atoms with Gasteiger partial charge in [-0.3, -0.25) is 0 Å². The van der Waals surface area contributed by atoms with E-state index in [0.29, 0.717) is 0 Å². The molecule has 0 aromatic carbocycles. The second-order valence-corrected chi connectivity index (χ2v) is 4.87. The summed E-state index contributed by atoms with van der Waals surface area (Å²) < 4.78 is 1.77. The second kappa shape index (κ2) is 5.35. The average Bonchev–Trinajstić information content (AvgIpc) is 2.87. The first kappa shape index (κ1) is 11.5. The highest BCUT2D eigenvalue weighted by atomic mass is 15.2. The van der Waals surface area contributed by atoms with Crippen molar-refractivity contribution in [1.29, 1.82) is 0 Å². The molecule has 0 radical (unpaired) electrons. The van der Waals surface area contributed by atoms with Gasteiger partial charge in [0.2, 0.25) is 0 Å². The van der Waals surface area contributed by atoms with Crippen LogP contribution in [0.3, 0.4) is 0 Å². The Morgan fingerprint density at radius 2 is 2.44 bits per heavy atom. The molecule has 0 saturated carbocycles. The first-order chi connectivity index (χ1) is 8.92. The van der Waals surface area contributed by atoms with Crippen LogP contribution in [0.25, 0.3) is 5.65 Å². The van der Waals surface area contributed by atoms with E-state index in [1.165, 1.54) is 25.8 Å². The lowest BCUT2D eigenvalue weighted by molar-refractivity contribution is 0.364. The Hall–Kier alpha value is -1.62. The molecule has 0 aliphatic carbocycles. The quantitative estimate of drug-likeness (QED) is 0.857. The molecule has 18 heavy (non-hydrogen) atoms. The number of piperidine rings is 1. The van der Waals surface area contributed by atoms with E-state index < -0.39 is 0 Å². The summed E-state index contributed by atoms with van der Waals surface area (Å²) in [5, 5.41) is 11.0.